The number of halogens is 1. The highest BCUT2D eigenvalue weighted by Gasteiger charge is 2.25. The zero-order chi connectivity index (χ0) is 16.7. The van der Waals surface area contributed by atoms with Crippen LogP contribution in [0.4, 0.5) is 4.39 Å². The third-order valence-corrected chi connectivity index (χ3v) is 4.78. The Bertz CT molecular complexity index is 591. The first kappa shape index (κ1) is 17.9. The standard InChI is InChI=1S/C16H21FN2O3S/c17-16-9-15(6-5-13(16)10-18)22-11-14-4-2-1-3-12(14)7-8-19-23(20)21/h5-6,9,12,14,19H,1-4,7-8,11H2,(H,20,21). The van der Waals surface area contributed by atoms with E-state index in [-0.39, 0.29) is 5.56 Å². The van der Waals surface area contributed by atoms with Crippen LogP contribution >= 0.6 is 0 Å². The summed E-state index contributed by atoms with van der Waals surface area (Å²) in [6, 6.07) is 6.05. The molecule has 0 bridgehead atoms. The Kier molecular flexibility index (Phi) is 6.96. The van der Waals surface area contributed by atoms with Gasteiger partial charge in [-0.05, 0) is 36.8 Å². The van der Waals surface area contributed by atoms with Crippen LogP contribution in [0, 0.1) is 29.0 Å². The van der Waals surface area contributed by atoms with E-state index in [0.717, 1.165) is 32.1 Å². The summed E-state index contributed by atoms with van der Waals surface area (Å²) in [5.41, 5.74) is 0.0102. The topological polar surface area (TPSA) is 82.3 Å². The second-order valence-corrected chi connectivity index (χ2v) is 6.59. The molecule has 1 aliphatic rings. The average molecular weight is 340 g/mol. The fourth-order valence-corrected chi connectivity index (χ4v) is 3.39. The fourth-order valence-electron chi connectivity index (χ4n) is 3.10. The summed E-state index contributed by atoms with van der Waals surface area (Å²) in [4.78, 5) is 0. The Morgan fingerprint density at radius 2 is 2.13 bits per heavy atom. The third-order valence-electron chi connectivity index (χ3n) is 4.33. The van der Waals surface area contributed by atoms with Gasteiger partial charge in [0.05, 0.1) is 12.2 Å². The maximum absolute atomic E-state index is 13.6. The molecule has 1 aromatic carbocycles. The molecular formula is C16H21FN2O3S. The van der Waals surface area contributed by atoms with Gasteiger partial charge in [-0.2, -0.15) is 5.26 Å². The lowest BCUT2D eigenvalue weighted by Gasteiger charge is -2.31. The van der Waals surface area contributed by atoms with Crippen molar-refractivity contribution in [3.8, 4) is 11.8 Å². The van der Waals surface area contributed by atoms with Crippen LogP contribution in [0.2, 0.25) is 0 Å². The van der Waals surface area contributed by atoms with E-state index in [1.54, 1.807) is 12.1 Å². The van der Waals surface area contributed by atoms with Crippen molar-refractivity contribution >= 4 is 11.3 Å². The van der Waals surface area contributed by atoms with Crippen molar-refractivity contribution in [2.24, 2.45) is 11.8 Å². The largest absolute Gasteiger partial charge is 0.493 e. The van der Waals surface area contributed by atoms with Gasteiger partial charge in [0.25, 0.3) is 0 Å². The van der Waals surface area contributed by atoms with Gasteiger partial charge in [-0.25, -0.2) is 13.3 Å². The van der Waals surface area contributed by atoms with Crippen molar-refractivity contribution in [2.45, 2.75) is 32.1 Å². The zero-order valence-corrected chi connectivity index (χ0v) is 13.7. The van der Waals surface area contributed by atoms with Crippen LogP contribution in [0.25, 0.3) is 0 Å². The van der Waals surface area contributed by atoms with Gasteiger partial charge in [-0.3, -0.25) is 4.55 Å². The number of hydrogen-bond donors (Lipinski definition) is 2. The van der Waals surface area contributed by atoms with E-state index in [1.807, 2.05) is 0 Å². The number of benzene rings is 1. The van der Waals surface area contributed by atoms with Crippen LogP contribution in [-0.2, 0) is 11.3 Å². The first-order valence-corrected chi connectivity index (χ1v) is 8.87. The molecule has 0 radical (unpaired) electrons. The summed E-state index contributed by atoms with van der Waals surface area (Å²) in [5, 5.41) is 8.72. The zero-order valence-electron chi connectivity index (χ0n) is 12.8. The lowest BCUT2D eigenvalue weighted by Crippen LogP contribution is -2.29. The van der Waals surface area contributed by atoms with Crippen LogP contribution in [0.5, 0.6) is 5.75 Å². The Hall–Kier alpha value is -1.49. The van der Waals surface area contributed by atoms with Crippen LogP contribution in [0.1, 0.15) is 37.7 Å². The highest BCUT2D eigenvalue weighted by Crippen LogP contribution is 2.32. The molecule has 0 aliphatic heterocycles. The molecule has 2 rings (SSSR count). The van der Waals surface area contributed by atoms with Gasteiger partial charge >= 0.3 is 0 Å². The lowest BCUT2D eigenvalue weighted by molar-refractivity contribution is 0.143. The van der Waals surface area contributed by atoms with E-state index >= 15 is 0 Å². The maximum atomic E-state index is 13.6. The second kappa shape index (κ2) is 8.96. The van der Waals surface area contributed by atoms with Crippen molar-refractivity contribution in [2.75, 3.05) is 13.2 Å². The van der Waals surface area contributed by atoms with Crippen molar-refractivity contribution in [1.82, 2.24) is 4.72 Å². The molecule has 3 unspecified atom stereocenters. The smallest absolute Gasteiger partial charge is 0.231 e. The van der Waals surface area contributed by atoms with Gasteiger partial charge in [-0.15, -0.1) is 0 Å². The minimum atomic E-state index is -1.97. The molecular weight excluding hydrogens is 319 g/mol. The van der Waals surface area contributed by atoms with Crippen LogP contribution in [-0.4, -0.2) is 21.9 Å². The normalized spacial score (nSPS) is 22.3. The summed E-state index contributed by atoms with van der Waals surface area (Å²) in [5.74, 6) is 0.652. The quantitative estimate of drug-likeness (QED) is 0.748. The van der Waals surface area contributed by atoms with E-state index in [2.05, 4.69) is 4.72 Å². The number of nitrogens with one attached hydrogen (secondary N) is 1. The molecule has 1 aromatic rings. The first-order valence-electron chi connectivity index (χ1n) is 7.77. The first-order chi connectivity index (χ1) is 11.1. The van der Waals surface area contributed by atoms with Crippen molar-refractivity contribution in [3.05, 3.63) is 29.6 Å². The molecule has 126 valence electrons. The van der Waals surface area contributed by atoms with Gasteiger partial charge in [0.1, 0.15) is 17.6 Å². The van der Waals surface area contributed by atoms with Gasteiger partial charge in [-0.1, -0.05) is 19.3 Å². The van der Waals surface area contributed by atoms with E-state index < -0.39 is 17.1 Å². The predicted molar refractivity (Wildman–Crippen MR) is 85.4 cm³/mol. The molecule has 0 amide bonds. The average Bonchev–Trinajstić information content (AvgIpc) is 2.54. The number of ether oxygens (including phenoxy) is 1. The molecule has 23 heavy (non-hydrogen) atoms. The Balaban J connectivity index is 1.87. The molecule has 0 heterocycles. The Morgan fingerprint density at radius 1 is 1.39 bits per heavy atom. The van der Waals surface area contributed by atoms with Crippen LogP contribution in [0.3, 0.4) is 0 Å². The summed E-state index contributed by atoms with van der Waals surface area (Å²) in [6.07, 6.45) is 5.25. The molecule has 7 heteroatoms. The minimum absolute atomic E-state index is 0.0102. The van der Waals surface area contributed by atoms with E-state index in [9.17, 15) is 8.60 Å². The predicted octanol–water partition coefficient (Wildman–Crippen LogP) is 3.00. The Labute approximate surface area is 138 Å². The molecule has 0 spiro atoms. The molecule has 5 nitrogen and oxygen atoms in total. The molecule has 1 fully saturated rings. The fraction of sp³-hybridized carbons (Fsp3) is 0.562. The maximum Gasteiger partial charge on any atom is 0.231 e. The van der Waals surface area contributed by atoms with Gasteiger partial charge in [0.2, 0.25) is 11.3 Å². The van der Waals surface area contributed by atoms with Gasteiger partial charge in [0.15, 0.2) is 0 Å². The number of rotatable bonds is 7. The molecule has 0 aromatic heterocycles. The van der Waals surface area contributed by atoms with Crippen LogP contribution < -0.4 is 9.46 Å². The van der Waals surface area contributed by atoms with Crippen molar-refractivity contribution in [3.63, 3.8) is 0 Å². The third kappa shape index (κ3) is 5.57. The highest BCUT2D eigenvalue weighted by molar-refractivity contribution is 7.77. The monoisotopic (exact) mass is 340 g/mol. The molecule has 3 atom stereocenters. The Morgan fingerprint density at radius 3 is 2.78 bits per heavy atom. The summed E-state index contributed by atoms with van der Waals surface area (Å²) < 4.78 is 41.2. The van der Waals surface area contributed by atoms with Gasteiger partial charge < -0.3 is 4.74 Å². The van der Waals surface area contributed by atoms with Gasteiger partial charge in [0, 0.05) is 12.6 Å². The number of hydrogen-bond acceptors (Lipinski definition) is 3. The number of nitrogens with zero attached hydrogens (tertiary/aromatic N) is 1. The summed E-state index contributed by atoms with van der Waals surface area (Å²) in [6.45, 7) is 0.994. The van der Waals surface area contributed by atoms with E-state index in [1.165, 1.54) is 12.1 Å². The van der Waals surface area contributed by atoms with E-state index in [0.29, 0.717) is 30.7 Å². The van der Waals surface area contributed by atoms with Crippen LogP contribution in [0.15, 0.2) is 18.2 Å². The molecule has 0 saturated heterocycles. The van der Waals surface area contributed by atoms with Crippen molar-refractivity contribution < 1.29 is 17.9 Å². The lowest BCUT2D eigenvalue weighted by atomic mass is 9.78. The summed E-state index contributed by atoms with van der Waals surface area (Å²) >= 11 is -1.97. The highest BCUT2D eigenvalue weighted by atomic mass is 32.2. The SMILES string of the molecule is N#Cc1ccc(OCC2CCCCC2CCNS(=O)O)cc1F. The van der Waals surface area contributed by atoms with E-state index in [4.69, 9.17) is 14.6 Å². The summed E-state index contributed by atoms with van der Waals surface area (Å²) in [7, 11) is 0. The molecule has 2 N–H and O–H groups in total. The number of nitriles is 1. The molecule has 1 saturated carbocycles. The van der Waals surface area contributed by atoms with Crippen molar-refractivity contribution in [1.29, 1.82) is 5.26 Å². The second-order valence-electron chi connectivity index (χ2n) is 5.80. The molecule has 1 aliphatic carbocycles. The minimum Gasteiger partial charge on any atom is -0.493 e.